The highest BCUT2D eigenvalue weighted by Gasteiger charge is 2.30. The van der Waals surface area contributed by atoms with Gasteiger partial charge in [-0.3, -0.25) is 19.4 Å². The van der Waals surface area contributed by atoms with E-state index < -0.39 is 47.9 Å². The molecular formula is C26H43N7O6S. The number of aliphatic carboxylic acids is 1. The van der Waals surface area contributed by atoms with Gasteiger partial charge in [0.05, 0.1) is 6.04 Å². The molecule has 0 spiro atoms. The standard InChI is InChI=1S/C26H43N7O6S/c1-15(2)13-21(25(38)39)33-24(37)20(14-16-6-8-17(34)9-7-16)32-23(36)19(10-12-40-3)31-22(35)18(27)5-4-11-30-26(28)29/h6-9,15,18-21,34H,4-5,10-14,27H2,1-3H3,(H,31,35)(H,32,36)(H,33,37)(H,38,39)(H4,28,29,30). The summed E-state index contributed by atoms with van der Waals surface area (Å²) in [5.74, 6) is -2.48. The van der Waals surface area contributed by atoms with Gasteiger partial charge in [-0.05, 0) is 61.3 Å². The topological polar surface area (TPSA) is 235 Å². The first-order valence-electron chi connectivity index (χ1n) is 13.1. The van der Waals surface area contributed by atoms with E-state index in [9.17, 15) is 29.4 Å². The zero-order valence-corrected chi connectivity index (χ0v) is 24.1. The molecule has 0 radical (unpaired) electrons. The lowest BCUT2D eigenvalue weighted by Gasteiger charge is -2.25. The SMILES string of the molecule is CSCCC(NC(=O)C(N)CCCN=C(N)N)C(=O)NC(Cc1ccc(O)cc1)C(=O)NC(CC(C)C)C(=O)O. The number of aliphatic imine (C=N–C) groups is 1. The summed E-state index contributed by atoms with van der Waals surface area (Å²) in [4.78, 5) is 54.9. The Hall–Kier alpha value is -3.52. The number of carbonyl (C=O) groups excluding carboxylic acids is 3. The van der Waals surface area contributed by atoms with E-state index in [0.29, 0.717) is 24.3 Å². The summed E-state index contributed by atoms with van der Waals surface area (Å²) in [5.41, 5.74) is 17.2. The highest BCUT2D eigenvalue weighted by atomic mass is 32.2. The van der Waals surface area contributed by atoms with E-state index in [4.69, 9.17) is 17.2 Å². The Labute approximate surface area is 239 Å². The van der Waals surface area contributed by atoms with Crippen LogP contribution in [0, 0.1) is 5.92 Å². The fourth-order valence-electron chi connectivity index (χ4n) is 3.75. The average Bonchev–Trinajstić information content (AvgIpc) is 2.88. The van der Waals surface area contributed by atoms with Crippen molar-refractivity contribution in [1.82, 2.24) is 16.0 Å². The van der Waals surface area contributed by atoms with Crippen LogP contribution in [0.25, 0.3) is 0 Å². The quantitative estimate of drug-likeness (QED) is 0.0637. The number of benzene rings is 1. The fourth-order valence-corrected chi connectivity index (χ4v) is 4.22. The average molecular weight is 582 g/mol. The number of amides is 3. The number of carbonyl (C=O) groups is 4. The summed E-state index contributed by atoms with van der Waals surface area (Å²) in [5, 5.41) is 27.1. The van der Waals surface area contributed by atoms with E-state index >= 15 is 0 Å². The van der Waals surface area contributed by atoms with Crippen LogP contribution in [-0.2, 0) is 25.6 Å². The molecule has 14 heteroatoms. The zero-order chi connectivity index (χ0) is 30.2. The van der Waals surface area contributed by atoms with Crippen molar-refractivity contribution in [3.05, 3.63) is 29.8 Å². The minimum atomic E-state index is -1.18. The molecule has 4 unspecified atom stereocenters. The predicted molar refractivity (Wildman–Crippen MR) is 156 cm³/mol. The molecule has 0 saturated heterocycles. The van der Waals surface area contributed by atoms with E-state index in [1.165, 1.54) is 23.9 Å². The first kappa shape index (κ1) is 34.5. The van der Waals surface area contributed by atoms with Gasteiger partial charge in [-0.15, -0.1) is 0 Å². The Morgan fingerprint density at radius 3 is 2.05 bits per heavy atom. The van der Waals surface area contributed by atoms with Crippen molar-refractivity contribution in [2.45, 2.75) is 70.1 Å². The Balaban J connectivity index is 3.07. The first-order chi connectivity index (χ1) is 18.8. The molecule has 1 rings (SSSR count). The number of hydrogen-bond acceptors (Lipinski definition) is 8. The highest BCUT2D eigenvalue weighted by Crippen LogP contribution is 2.13. The lowest BCUT2D eigenvalue weighted by atomic mass is 10.0. The van der Waals surface area contributed by atoms with Gasteiger partial charge in [0.2, 0.25) is 17.7 Å². The number of phenolic OH excluding ortho intramolecular Hbond substituents is 1. The zero-order valence-electron chi connectivity index (χ0n) is 23.3. The molecule has 13 nitrogen and oxygen atoms in total. The second-order valence-corrected chi connectivity index (χ2v) is 10.8. The van der Waals surface area contributed by atoms with Crippen LogP contribution < -0.4 is 33.2 Å². The van der Waals surface area contributed by atoms with Gasteiger partial charge in [0.15, 0.2) is 5.96 Å². The second-order valence-electron chi connectivity index (χ2n) is 9.86. The van der Waals surface area contributed by atoms with Crippen LogP contribution in [0.1, 0.15) is 45.1 Å². The largest absolute Gasteiger partial charge is 0.508 e. The maximum absolute atomic E-state index is 13.3. The predicted octanol–water partition coefficient (Wildman–Crippen LogP) is -0.346. The molecule has 40 heavy (non-hydrogen) atoms. The fraction of sp³-hybridized carbons (Fsp3) is 0.577. The van der Waals surface area contributed by atoms with Gasteiger partial charge < -0.3 is 43.4 Å². The van der Waals surface area contributed by atoms with Crippen molar-refractivity contribution in [2.75, 3.05) is 18.6 Å². The van der Waals surface area contributed by atoms with Gasteiger partial charge in [0.1, 0.15) is 23.9 Å². The van der Waals surface area contributed by atoms with Crippen LogP contribution in [0.2, 0.25) is 0 Å². The Morgan fingerprint density at radius 1 is 0.925 bits per heavy atom. The number of nitrogens with zero attached hydrogens (tertiary/aromatic N) is 1. The molecule has 4 atom stereocenters. The molecule has 1 aromatic rings. The Morgan fingerprint density at radius 2 is 1.50 bits per heavy atom. The number of rotatable bonds is 18. The van der Waals surface area contributed by atoms with Gasteiger partial charge in [-0.1, -0.05) is 26.0 Å². The van der Waals surface area contributed by atoms with E-state index in [-0.39, 0.29) is 43.3 Å². The normalized spacial score (nSPS) is 13.9. The summed E-state index contributed by atoms with van der Waals surface area (Å²) in [6, 6.07) is 1.91. The maximum atomic E-state index is 13.3. The summed E-state index contributed by atoms with van der Waals surface area (Å²) in [7, 11) is 0. The van der Waals surface area contributed by atoms with E-state index in [1.807, 2.05) is 20.1 Å². The number of carboxylic acid groups (broad SMARTS) is 1. The molecule has 0 bridgehead atoms. The smallest absolute Gasteiger partial charge is 0.326 e. The molecule has 224 valence electrons. The van der Waals surface area contributed by atoms with Crippen LogP contribution in [0.5, 0.6) is 5.75 Å². The number of thioether (sulfide) groups is 1. The molecule has 0 aromatic heterocycles. The van der Waals surface area contributed by atoms with Crippen molar-refractivity contribution in [2.24, 2.45) is 28.1 Å². The molecule has 0 saturated carbocycles. The molecular weight excluding hydrogens is 538 g/mol. The monoisotopic (exact) mass is 581 g/mol. The van der Waals surface area contributed by atoms with E-state index in [2.05, 4.69) is 20.9 Å². The van der Waals surface area contributed by atoms with Crippen LogP contribution in [0.3, 0.4) is 0 Å². The molecule has 1 aromatic carbocycles. The third-order valence-corrected chi connectivity index (χ3v) is 6.52. The van der Waals surface area contributed by atoms with Crippen LogP contribution in [0.15, 0.2) is 29.3 Å². The van der Waals surface area contributed by atoms with Gasteiger partial charge in [-0.25, -0.2) is 4.79 Å². The second kappa shape index (κ2) is 17.9. The molecule has 0 fully saturated rings. The Kier molecular flexibility index (Phi) is 15.5. The summed E-state index contributed by atoms with van der Waals surface area (Å²) >= 11 is 1.48. The van der Waals surface area contributed by atoms with Crippen molar-refractivity contribution in [1.29, 1.82) is 0 Å². The minimum Gasteiger partial charge on any atom is -0.508 e. The molecule has 11 N–H and O–H groups in total. The van der Waals surface area contributed by atoms with Crippen molar-refractivity contribution in [3.63, 3.8) is 0 Å². The molecule has 0 aliphatic rings. The summed E-state index contributed by atoms with van der Waals surface area (Å²) in [6.07, 6.45) is 3.11. The number of aromatic hydroxyl groups is 1. The van der Waals surface area contributed by atoms with Crippen LogP contribution >= 0.6 is 11.8 Å². The lowest BCUT2D eigenvalue weighted by molar-refractivity contribution is -0.142. The third-order valence-electron chi connectivity index (χ3n) is 5.88. The van der Waals surface area contributed by atoms with Gasteiger partial charge >= 0.3 is 5.97 Å². The number of nitrogens with two attached hydrogens (primary N) is 3. The summed E-state index contributed by atoms with van der Waals surface area (Å²) < 4.78 is 0. The molecule has 3 amide bonds. The van der Waals surface area contributed by atoms with Gasteiger partial charge in [0.25, 0.3) is 0 Å². The maximum Gasteiger partial charge on any atom is 0.326 e. The van der Waals surface area contributed by atoms with Crippen LogP contribution in [-0.4, -0.2) is 82.6 Å². The lowest BCUT2D eigenvalue weighted by Crippen LogP contribution is -2.57. The molecule has 0 aliphatic heterocycles. The number of carboxylic acids is 1. The summed E-state index contributed by atoms with van der Waals surface area (Å²) in [6.45, 7) is 3.98. The first-order valence-corrected chi connectivity index (χ1v) is 14.4. The van der Waals surface area contributed by atoms with E-state index in [1.54, 1.807) is 12.1 Å². The van der Waals surface area contributed by atoms with Crippen molar-refractivity contribution >= 4 is 41.4 Å². The number of nitrogens with one attached hydrogen (secondary N) is 3. The number of guanidine groups is 1. The van der Waals surface area contributed by atoms with Gasteiger partial charge in [0, 0.05) is 13.0 Å². The highest BCUT2D eigenvalue weighted by molar-refractivity contribution is 7.98. The minimum absolute atomic E-state index is 0.00125. The third kappa shape index (κ3) is 13.5. The molecule has 0 heterocycles. The van der Waals surface area contributed by atoms with Crippen molar-refractivity contribution in [3.8, 4) is 5.75 Å². The Bertz CT molecular complexity index is 1000. The number of hydrogen-bond donors (Lipinski definition) is 8. The van der Waals surface area contributed by atoms with Gasteiger partial charge in [-0.2, -0.15) is 11.8 Å². The van der Waals surface area contributed by atoms with Crippen LogP contribution in [0.4, 0.5) is 0 Å². The molecule has 0 aliphatic carbocycles. The van der Waals surface area contributed by atoms with E-state index in [0.717, 1.165) is 0 Å². The van der Waals surface area contributed by atoms with Crippen molar-refractivity contribution < 1.29 is 29.4 Å². The number of phenols is 1.